The van der Waals surface area contributed by atoms with Crippen LogP contribution in [0.5, 0.6) is 0 Å². The highest BCUT2D eigenvalue weighted by Crippen LogP contribution is 2.40. The van der Waals surface area contributed by atoms with Crippen LogP contribution in [-0.2, 0) is 22.3 Å². The van der Waals surface area contributed by atoms with Crippen molar-refractivity contribution < 1.29 is 9.47 Å². The Morgan fingerprint density at radius 3 is 2.50 bits per heavy atom. The standard InChI is InChI=1S/C21H21ClO2/c1-23-21(24-2)17-9-5-8-16-15-11-10-13-6-3-4-7-14(13)18(15)12-19(22)20(16)17/h5,8-12,21H,3-4,6-7H2,1-2H3. The summed E-state index contributed by atoms with van der Waals surface area (Å²) in [6.07, 6.45) is 4.45. The van der Waals surface area contributed by atoms with Gasteiger partial charge in [-0.2, -0.15) is 0 Å². The summed E-state index contributed by atoms with van der Waals surface area (Å²) < 4.78 is 10.9. The number of halogens is 1. The maximum Gasteiger partial charge on any atom is 0.183 e. The van der Waals surface area contributed by atoms with E-state index >= 15 is 0 Å². The van der Waals surface area contributed by atoms with Crippen molar-refractivity contribution in [2.45, 2.75) is 32.0 Å². The molecule has 0 saturated carbocycles. The predicted octanol–water partition coefficient (Wildman–Crippen LogP) is 5.82. The minimum atomic E-state index is -0.415. The molecule has 24 heavy (non-hydrogen) atoms. The van der Waals surface area contributed by atoms with Crippen molar-refractivity contribution in [2.24, 2.45) is 0 Å². The number of benzene rings is 3. The van der Waals surface area contributed by atoms with Gasteiger partial charge in [-0.3, -0.25) is 0 Å². The number of hydrogen-bond donors (Lipinski definition) is 0. The van der Waals surface area contributed by atoms with Gasteiger partial charge in [0.25, 0.3) is 0 Å². The molecule has 1 aliphatic carbocycles. The monoisotopic (exact) mass is 340 g/mol. The van der Waals surface area contributed by atoms with Crippen molar-refractivity contribution in [1.82, 2.24) is 0 Å². The van der Waals surface area contributed by atoms with E-state index in [2.05, 4.69) is 30.3 Å². The molecule has 0 spiro atoms. The molecule has 3 heteroatoms. The van der Waals surface area contributed by atoms with Gasteiger partial charge in [-0.25, -0.2) is 0 Å². The quantitative estimate of drug-likeness (QED) is 0.442. The van der Waals surface area contributed by atoms with Crippen LogP contribution in [0.15, 0.2) is 36.4 Å². The maximum absolute atomic E-state index is 6.73. The average molecular weight is 341 g/mol. The molecule has 0 aliphatic heterocycles. The lowest BCUT2D eigenvalue weighted by atomic mass is 9.86. The highest BCUT2D eigenvalue weighted by Gasteiger charge is 2.19. The number of methoxy groups -OCH3 is 2. The highest BCUT2D eigenvalue weighted by atomic mass is 35.5. The zero-order valence-electron chi connectivity index (χ0n) is 14.1. The van der Waals surface area contributed by atoms with Crippen LogP contribution >= 0.6 is 11.6 Å². The van der Waals surface area contributed by atoms with Crippen LogP contribution in [0.4, 0.5) is 0 Å². The molecular formula is C21H21ClO2. The molecule has 0 atom stereocenters. The first-order chi connectivity index (χ1) is 11.7. The maximum atomic E-state index is 6.73. The second-order valence-corrected chi connectivity index (χ2v) is 6.84. The molecule has 3 aromatic carbocycles. The lowest BCUT2D eigenvalue weighted by Gasteiger charge is -2.21. The van der Waals surface area contributed by atoms with Gasteiger partial charge in [-0.1, -0.05) is 41.9 Å². The Kier molecular flexibility index (Phi) is 4.21. The van der Waals surface area contributed by atoms with Gasteiger partial charge in [0.15, 0.2) is 6.29 Å². The normalized spacial score (nSPS) is 14.5. The fourth-order valence-electron chi connectivity index (χ4n) is 4.06. The van der Waals surface area contributed by atoms with Gasteiger partial charge < -0.3 is 9.47 Å². The average Bonchev–Trinajstić information content (AvgIpc) is 2.63. The van der Waals surface area contributed by atoms with Crippen molar-refractivity contribution in [2.75, 3.05) is 14.2 Å². The topological polar surface area (TPSA) is 18.5 Å². The molecule has 0 unspecified atom stereocenters. The number of ether oxygens (including phenoxy) is 2. The SMILES string of the molecule is COC(OC)c1cccc2c1c(Cl)cc1c3c(ccc12)CCCC3. The summed E-state index contributed by atoms with van der Waals surface area (Å²) in [6.45, 7) is 0. The number of hydrogen-bond acceptors (Lipinski definition) is 2. The third-order valence-electron chi connectivity index (χ3n) is 5.16. The Morgan fingerprint density at radius 2 is 1.71 bits per heavy atom. The van der Waals surface area contributed by atoms with Crippen LogP contribution in [0, 0.1) is 0 Å². The molecule has 0 heterocycles. The largest absolute Gasteiger partial charge is 0.352 e. The summed E-state index contributed by atoms with van der Waals surface area (Å²) in [4.78, 5) is 0. The Bertz CT molecular complexity index is 913. The smallest absolute Gasteiger partial charge is 0.183 e. The van der Waals surface area contributed by atoms with Gasteiger partial charge in [-0.15, -0.1) is 0 Å². The van der Waals surface area contributed by atoms with Crippen LogP contribution < -0.4 is 0 Å². The zero-order valence-corrected chi connectivity index (χ0v) is 14.8. The summed E-state index contributed by atoms with van der Waals surface area (Å²) in [5.41, 5.74) is 3.93. The second kappa shape index (κ2) is 6.36. The van der Waals surface area contributed by atoms with E-state index in [-0.39, 0.29) is 0 Å². The minimum absolute atomic E-state index is 0.415. The molecule has 0 bridgehead atoms. The summed E-state index contributed by atoms with van der Waals surface area (Å²) in [6, 6.07) is 12.9. The molecule has 124 valence electrons. The van der Waals surface area contributed by atoms with E-state index in [1.54, 1.807) is 14.2 Å². The van der Waals surface area contributed by atoms with Gasteiger partial charge >= 0.3 is 0 Å². The molecule has 0 amide bonds. The fraction of sp³-hybridized carbons (Fsp3) is 0.333. The summed E-state index contributed by atoms with van der Waals surface area (Å²) >= 11 is 6.73. The van der Waals surface area contributed by atoms with Crippen LogP contribution in [0.2, 0.25) is 5.02 Å². The lowest BCUT2D eigenvalue weighted by Crippen LogP contribution is -2.05. The van der Waals surface area contributed by atoms with Crippen molar-refractivity contribution in [3.63, 3.8) is 0 Å². The van der Waals surface area contributed by atoms with Crippen LogP contribution in [0.25, 0.3) is 21.5 Å². The second-order valence-electron chi connectivity index (χ2n) is 6.44. The van der Waals surface area contributed by atoms with E-state index in [0.717, 1.165) is 22.4 Å². The first kappa shape index (κ1) is 15.9. The zero-order chi connectivity index (χ0) is 16.7. The van der Waals surface area contributed by atoms with Crippen LogP contribution in [0.3, 0.4) is 0 Å². The molecule has 0 aromatic heterocycles. The van der Waals surface area contributed by atoms with Crippen LogP contribution in [0.1, 0.15) is 35.8 Å². The minimum Gasteiger partial charge on any atom is -0.352 e. The Balaban J connectivity index is 2.07. The third-order valence-corrected chi connectivity index (χ3v) is 5.45. The molecule has 0 N–H and O–H groups in total. The molecule has 0 fully saturated rings. The fourth-order valence-corrected chi connectivity index (χ4v) is 4.38. The van der Waals surface area contributed by atoms with Crippen molar-refractivity contribution in [3.05, 3.63) is 58.1 Å². The van der Waals surface area contributed by atoms with E-state index in [1.807, 2.05) is 6.07 Å². The van der Waals surface area contributed by atoms with E-state index < -0.39 is 6.29 Å². The van der Waals surface area contributed by atoms with Gasteiger partial charge in [0.2, 0.25) is 0 Å². The number of fused-ring (bicyclic) bond motifs is 5. The predicted molar refractivity (Wildman–Crippen MR) is 99.9 cm³/mol. The molecule has 0 radical (unpaired) electrons. The molecule has 3 aromatic rings. The van der Waals surface area contributed by atoms with Crippen molar-refractivity contribution in [3.8, 4) is 0 Å². The van der Waals surface area contributed by atoms with E-state index in [9.17, 15) is 0 Å². The van der Waals surface area contributed by atoms with E-state index in [0.29, 0.717) is 0 Å². The van der Waals surface area contributed by atoms with Crippen molar-refractivity contribution >= 4 is 33.1 Å². The van der Waals surface area contributed by atoms with Crippen molar-refractivity contribution in [1.29, 1.82) is 0 Å². The first-order valence-electron chi connectivity index (χ1n) is 8.45. The Hall–Kier alpha value is -1.61. The Labute approximate surface area is 147 Å². The molecular weight excluding hydrogens is 320 g/mol. The highest BCUT2D eigenvalue weighted by molar-refractivity contribution is 6.38. The number of rotatable bonds is 3. The van der Waals surface area contributed by atoms with E-state index in [4.69, 9.17) is 21.1 Å². The Morgan fingerprint density at radius 1 is 0.917 bits per heavy atom. The molecule has 4 rings (SSSR count). The molecule has 0 saturated heterocycles. The summed E-state index contributed by atoms with van der Waals surface area (Å²) in [5, 5.41) is 5.53. The molecule has 2 nitrogen and oxygen atoms in total. The number of aryl methyl sites for hydroxylation is 2. The summed E-state index contributed by atoms with van der Waals surface area (Å²) in [5.74, 6) is 0. The lowest BCUT2D eigenvalue weighted by molar-refractivity contribution is -0.105. The van der Waals surface area contributed by atoms with Gasteiger partial charge in [0, 0.05) is 30.2 Å². The van der Waals surface area contributed by atoms with E-state index in [1.165, 1.54) is 46.5 Å². The molecule has 1 aliphatic rings. The van der Waals surface area contributed by atoms with Gasteiger partial charge in [0.1, 0.15) is 0 Å². The van der Waals surface area contributed by atoms with Crippen LogP contribution in [-0.4, -0.2) is 14.2 Å². The van der Waals surface area contributed by atoms with Gasteiger partial charge in [-0.05, 0) is 59.0 Å². The summed E-state index contributed by atoms with van der Waals surface area (Å²) in [7, 11) is 3.30. The first-order valence-corrected chi connectivity index (χ1v) is 8.83. The third kappa shape index (κ3) is 2.41. The van der Waals surface area contributed by atoms with Gasteiger partial charge in [0.05, 0.1) is 0 Å².